The number of fused-ring (bicyclic) bond motifs is 5. The number of nitrogens with zero attached hydrogens (tertiary/aromatic N) is 2. The standard InChI is InChI=1S/C43H63ClN4O11S2/c1-25-14-12-16-33(56-11)42(54)24-32(57-39(53)46-42)27(3)43(45)41(7,59-43)34(23-36(51)48(9)30-21-29(20-25)22-31(55-10)37(30)44)58-38(52)28(4)47(8)35(50)17-18-40(5,6)61-60-19-13-15-26(2)49/h12,14,16,21-22,27-28,32-34,54H,13,15,17-20,23-24,45H2,1-11H3,(H,46,53)/b16-12+,25-14+/t27-,28+,32+,33-,34+,41+,42+,43+/m1/s1. The molecule has 0 aliphatic carbocycles. The lowest BCUT2D eigenvalue weighted by molar-refractivity contribution is -0.162. The average molecular weight is 912 g/mol. The molecule has 3 heterocycles. The summed E-state index contributed by atoms with van der Waals surface area (Å²) in [6.07, 6.45) is 2.84. The van der Waals surface area contributed by atoms with Gasteiger partial charge in [-0.15, -0.1) is 0 Å². The number of amides is 3. The van der Waals surface area contributed by atoms with Crippen LogP contribution >= 0.6 is 33.2 Å². The van der Waals surface area contributed by atoms with E-state index in [2.05, 4.69) is 5.32 Å². The van der Waals surface area contributed by atoms with Crippen LogP contribution in [0.4, 0.5) is 10.5 Å². The predicted molar refractivity (Wildman–Crippen MR) is 237 cm³/mol. The molecular weight excluding hydrogens is 848 g/mol. The normalized spacial score (nSPS) is 30.1. The van der Waals surface area contributed by atoms with Gasteiger partial charge in [0.25, 0.3) is 0 Å². The first-order chi connectivity index (χ1) is 28.4. The van der Waals surface area contributed by atoms with Crippen molar-refractivity contribution in [3.8, 4) is 5.75 Å². The SMILES string of the molecule is COc1cc2cc(c1Cl)N(C)C(=O)C[C@H](OC(=O)[C@H](C)N(C)C(=O)CCC(C)(C)SSCCCC(C)=O)[C@]1(C)O[C@@]1(N)[C@H](C)[C@@H]1C[C@@](O)(NC(=O)O1)[C@H](OC)/C=C/C=C(\C)C2. The van der Waals surface area contributed by atoms with Gasteiger partial charge in [0.2, 0.25) is 11.8 Å². The number of benzene rings is 1. The van der Waals surface area contributed by atoms with Crippen molar-refractivity contribution < 1.29 is 52.8 Å². The Balaban J connectivity index is 1.65. The van der Waals surface area contributed by atoms with E-state index >= 15 is 0 Å². The van der Waals surface area contributed by atoms with E-state index in [1.165, 1.54) is 31.1 Å². The number of alkyl carbamates (subject to hydrolysis) is 1. The highest BCUT2D eigenvalue weighted by molar-refractivity contribution is 8.77. The summed E-state index contributed by atoms with van der Waals surface area (Å²) < 4.78 is 29.1. The van der Waals surface area contributed by atoms with Crippen LogP contribution in [0.15, 0.2) is 35.9 Å². The summed E-state index contributed by atoms with van der Waals surface area (Å²) in [5.74, 6) is -1.07. The summed E-state index contributed by atoms with van der Waals surface area (Å²) in [6.45, 7) is 12.4. The Hall–Kier alpha value is -3.32. The molecule has 0 spiro atoms. The molecule has 0 aromatic heterocycles. The van der Waals surface area contributed by atoms with Crippen LogP contribution in [0, 0.1) is 5.92 Å². The quantitative estimate of drug-likeness (QED) is 0.0836. The van der Waals surface area contributed by atoms with Crippen LogP contribution in [0.3, 0.4) is 0 Å². The molecule has 3 aliphatic rings. The number of hydrogen-bond donors (Lipinski definition) is 3. The number of nitrogens with one attached hydrogen (secondary N) is 1. The van der Waals surface area contributed by atoms with Crippen molar-refractivity contribution in [1.82, 2.24) is 10.2 Å². The number of hydrogen-bond acceptors (Lipinski definition) is 14. The lowest BCUT2D eigenvalue weighted by Crippen LogP contribution is -2.65. The van der Waals surface area contributed by atoms with E-state index in [0.717, 1.165) is 23.3 Å². The van der Waals surface area contributed by atoms with E-state index in [9.17, 15) is 29.1 Å². The summed E-state index contributed by atoms with van der Waals surface area (Å²) in [5, 5.41) is 14.5. The van der Waals surface area contributed by atoms with Crippen LogP contribution in [0.2, 0.25) is 5.02 Å². The second kappa shape index (κ2) is 20.5. The van der Waals surface area contributed by atoms with Gasteiger partial charge in [0, 0.05) is 56.9 Å². The molecule has 4 N–H and O–H groups in total. The molecule has 15 nitrogen and oxygen atoms in total. The largest absolute Gasteiger partial charge is 0.495 e. The number of rotatable bonds is 14. The zero-order valence-corrected chi connectivity index (χ0v) is 39.5. The molecule has 3 amide bonds. The minimum Gasteiger partial charge on any atom is -0.495 e. The van der Waals surface area contributed by atoms with E-state index in [0.29, 0.717) is 30.7 Å². The van der Waals surface area contributed by atoms with Gasteiger partial charge in [0.1, 0.15) is 46.5 Å². The fraction of sp³-hybridized carbons (Fsp3) is 0.651. The lowest BCUT2D eigenvalue weighted by Gasteiger charge is -2.43. The first-order valence-electron chi connectivity index (χ1n) is 20.4. The lowest BCUT2D eigenvalue weighted by atomic mass is 9.80. The number of allylic oxidation sites excluding steroid dienone is 3. The molecular formula is C43H63ClN4O11S2. The van der Waals surface area contributed by atoms with Gasteiger partial charge in [-0.2, -0.15) is 0 Å². The Bertz CT molecular complexity index is 1880. The minimum absolute atomic E-state index is 0.155. The molecule has 2 saturated heterocycles. The maximum atomic E-state index is 14.3. The van der Waals surface area contributed by atoms with Crippen LogP contribution in [0.25, 0.3) is 0 Å². The number of esters is 1. The molecule has 1 aromatic rings. The van der Waals surface area contributed by atoms with E-state index in [1.807, 2.05) is 26.8 Å². The molecule has 61 heavy (non-hydrogen) atoms. The number of methoxy groups -OCH3 is 2. The van der Waals surface area contributed by atoms with Crippen LogP contribution in [-0.2, 0) is 44.5 Å². The second-order valence-electron chi connectivity index (χ2n) is 17.1. The van der Waals surface area contributed by atoms with Crippen molar-refractivity contribution in [3.05, 3.63) is 46.5 Å². The monoisotopic (exact) mass is 910 g/mol. The Morgan fingerprint density at radius 2 is 1.90 bits per heavy atom. The third-order valence-electron chi connectivity index (χ3n) is 11.9. The number of aliphatic hydroxyl groups is 1. The molecule has 0 saturated carbocycles. The number of nitrogens with two attached hydrogens (primary N) is 1. The van der Waals surface area contributed by atoms with Crippen molar-refractivity contribution in [1.29, 1.82) is 0 Å². The van der Waals surface area contributed by atoms with Crippen LogP contribution in [0.5, 0.6) is 5.75 Å². The van der Waals surface area contributed by atoms with Crippen LogP contribution < -0.4 is 20.7 Å². The summed E-state index contributed by atoms with van der Waals surface area (Å²) >= 11 is 6.80. The molecule has 4 bridgehead atoms. The van der Waals surface area contributed by atoms with Gasteiger partial charge < -0.3 is 49.1 Å². The van der Waals surface area contributed by atoms with Crippen molar-refractivity contribution >= 4 is 68.5 Å². The van der Waals surface area contributed by atoms with Crippen LogP contribution in [-0.4, -0.2) is 120 Å². The number of ether oxygens (including phenoxy) is 5. The van der Waals surface area contributed by atoms with E-state index in [4.69, 9.17) is 41.0 Å². The number of likely N-dealkylation sites (N-methyl/N-ethyl adjacent to an activating group) is 1. The van der Waals surface area contributed by atoms with Crippen molar-refractivity contribution in [2.45, 2.75) is 140 Å². The Morgan fingerprint density at radius 3 is 2.54 bits per heavy atom. The number of carbonyl (C=O) groups excluding carboxylic acids is 5. The van der Waals surface area contributed by atoms with E-state index in [1.54, 1.807) is 80.6 Å². The summed E-state index contributed by atoms with van der Waals surface area (Å²) in [5.41, 5.74) is 3.95. The fourth-order valence-electron chi connectivity index (χ4n) is 7.54. The highest BCUT2D eigenvalue weighted by Crippen LogP contribution is 2.55. The van der Waals surface area contributed by atoms with Gasteiger partial charge in [0.05, 0.1) is 19.2 Å². The maximum absolute atomic E-state index is 14.3. The fourth-order valence-corrected chi connectivity index (χ4v) is 10.5. The minimum atomic E-state index is -1.91. The molecule has 2 fully saturated rings. The second-order valence-corrected chi connectivity index (χ2v) is 20.6. The maximum Gasteiger partial charge on any atom is 0.409 e. The zero-order chi connectivity index (χ0) is 45.7. The summed E-state index contributed by atoms with van der Waals surface area (Å²) in [6, 6.07) is 2.49. The molecule has 18 heteroatoms. The van der Waals surface area contributed by atoms with Gasteiger partial charge >= 0.3 is 12.1 Å². The zero-order valence-electron chi connectivity index (χ0n) is 37.1. The number of carbonyl (C=O) groups is 5. The van der Waals surface area contributed by atoms with Gasteiger partial charge in [-0.25, -0.2) is 9.59 Å². The van der Waals surface area contributed by atoms with E-state index in [-0.39, 0.29) is 34.3 Å². The number of Topliss-reactive ketones (excluding diaryl/α,β-unsaturated/α-hetero) is 1. The Labute approximate surface area is 372 Å². The van der Waals surface area contributed by atoms with Crippen molar-refractivity contribution in [3.63, 3.8) is 0 Å². The number of halogens is 1. The molecule has 1 aromatic carbocycles. The molecule has 340 valence electrons. The topological polar surface area (TPSA) is 200 Å². The first kappa shape index (κ1) is 50.3. The third kappa shape index (κ3) is 12.0. The Morgan fingerprint density at radius 1 is 1.21 bits per heavy atom. The summed E-state index contributed by atoms with van der Waals surface area (Å²) in [4.78, 5) is 68.8. The van der Waals surface area contributed by atoms with E-state index < -0.39 is 71.7 Å². The highest BCUT2D eigenvalue weighted by atomic mass is 35.5. The molecule has 0 radical (unpaired) electrons. The molecule has 8 atom stereocenters. The average Bonchev–Trinajstić information content (AvgIpc) is 3.78. The number of epoxide rings is 1. The Kier molecular flexibility index (Phi) is 16.9. The van der Waals surface area contributed by atoms with Gasteiger partial charge in [-0.05, 0) is 78.5 Å². The third-order valence-corrected chi connectivity index (χ3v) is 15.7. The summed E-state index contributed by atoms with van der Waals surface area (Å²) in [7, 11) is 9.28. The van der Waals surface area contributed by atoms with Crippen molar-refractivity contribution in [2.24, 2.45) is 11.7 Å². The number of anilines is 1. The highest BCUT2D eigenvalue weighted by Gasteiger charge is 2.74. The van der Waals surface area contributed by atoms with Gasteiger partial charge in [-0.1, -0.05) is 63.9 Å². The smallest absolute Gasteiger partial charge is 0.409 e. The first-order valence-corrected chi connectivity index (χ1v) is 23.1. The van der Waals surface area contributed by atoms with Crippen molar-refractivity contribution in [2.75, 3.05) is 39.0 Å². The van der Waals surface area contributed by atoms with Gasteiger partial charge in [0.15, 0.2) is 11.4 Å². The predicted octanol–water partition coefficient (Wildman–Crippen LogP) is 6.11. The molecule has 4 rings (SSSR count). The van der Waals surface area contributed by atoms with Crippen LogP contribution in [0.1, 0.15) is 92.6 Å². The number of ketones is 1. The molecule has 0 unspecified atom stereocenters. The van der Waals surface area contributed by atoms with Gasteiger partial charge in [-0.3, -0.25) is 14.9 Å². The molecule has 3 aliphatic heterocycles.